The van der Waals surface area contributed by atoms with Crippen molar-refractivity contribution in [3.63, 3.8) is 0 Å². The van der Waals surface area contributed by atoms with Gasteiger partial charge in [0.15, 0.2) is 0 Å². The van der Waals surface area contributed by atoms with E-state index in [1.807, 2.05) is 0 Å². The predicted molar refractivity (Wildman–Crippen MR) is 97.3 cm³/mol. The maximum atomic E-state index is 12.1. The molecule has 0 N–H and O–H groups in total. The van der Waals surface area contributed by atoms with Crippen LogP contribution in [0.5, 0.6) is 0 Å². The van der Waals surface area contributed by atoms with Gasteiger partial charge in [-0.1, -0.05) is 17.5 Å². The highest BCUT2D eigenvalue weighted by Crippen LogP contribution is 2.36. The van der Waals surface area contributed by atoms with Crippen molar-refractivity contribution in [1.82, 2.24) is 4.90 Å². The number of nitro groups is 1. The third kappa shape index (κ3) is 3.35. The summed E-state index contributed by atoms with van der Waals surface area (Å²) in [6, 6.07) is 7.29. The van der Waals surface area contributed by atoms with E-state index in [9.17, 15) is 19.7 Å². The van der Waals surface area contributed by atoms with Gasteiger partial charge in [0, 0.05) is 17.2 Å². The summed E-state index contributed by atoms with van der Waals surface area (Å²) in [5.41, 5.74) is 0.0484. The molecule has 1 aromatic heterocycles. The molecule has 1 aromatic carbocycles. The highest BCUT2D eigenvalue weighted by molar-refractivity contribution is 8.18. The van der Waals surface area contributed by atoms with E-state index in [0.717, 1.165) is 16.7 Å². The molecule has 1 aliphatic heterocycles. The number of furan rings is 1. The molecule has 0 saturated carbocycles. The summed E-state index contributed by atoms with van der Waals surface area (Å²) in [6.45, 7) is -0.109. The average Bonchev–Trinajstić information content (AvgIpc) is 3.15. The van der Waals surface area contributed by atoms with Crippen LogP contribution in [0.15, 0.2) is 39.7 Å². The first kappa shape index (κ1) is 17.8. The Hall–Kier alpha value is -3.02. The van der Waals surface area contributed by atoms with Crippen LogP contribution >= 0.6 is 23.4 Å². The minimum Gasteiger partial charge on any atom is -0.456 e. The van der Waals surface area contributed by atoms with Crippen molar-refractivity contribution >= 4 is 46.3 Å². The van der Waals surface area contributed by atoms with Gasteiger partial charge < -0.3 is 4.42 Å². The Kier molecular flexibility index (Phi) is 4.84. The highest BCUT2D eigenvalue weighted by atomic mass is 35.5. The van der Waals surface area contributed by atoms with Gasteiger partial charge in [0.05, 0.1) is 21.9 Å². The van der Waals surface area contributed by atoms with Crippen LogP contribution < -0.4 is 0 Å². The number of hydrogen-bond donors (Lipinski definition) is 0. The van der Waals surface area contributed by atoms with Crippen molar-refractivity contribution in [3.05, 3.63) is 56.1 Å². The maximum Gasteiger partial charge on any atom is 0.294 e. The quantitative estimate of drug-likeness (QED) is 0.337. The molecule has 0 aliphatic carbocycles. The summed E-state index contributed by atoms with van der Waals surface area (Å²) in [5, 5.41) is 11.0. The standard InChI is InChI=1S/C17H9ClN2O5S/c1-2-7-19-16(21)15(26-17(19)22)9-11-4-6-14(25-11)12-5-3-10(18)8-13(12)20(23)24/h1,3-6,8-9H,7H2. The molecule has 3 rings (SSSR count). The number of benzene rings is 1. The Morgan fingerprint density at radius 2 is 2.12 bits per heavy atom. The lowest BCUT2D eigenvalue weighted by Crippen LogP contribution is -2.28. The molecule has 1 aliphatic rings. The van der Waals surface area contributed by atoms with Crippen LogP contribution in [0.3, 0.4) is 0 Å². The van der Waals surface area contributed by atoms with Crippen LogP contribution in [-0.2, 0) is 4.79 Å². The Bertz CT molecular complexity index is 1000. The van der Waals surface area contributed by atoms with Crippen molar-refractivity contribution in [1.29, 1.82) is 0 Å². The molecule has 2 aromatic rings. The van der Waals surface area contributed by atoms with Crippen molar-refractivity contribution in [2.45, 2.75) is 0 Å². The van der Waals surface area contributed by atoms with Crippen molar-refractivity contribution in [2.75, 3.05) is 6.54 Å². The Morgan fingerprint density at radius 1 is 1.35 bits per heavy atom. The Balaban J connectivity index is 1.93. The van der Waals surface area contributed by atoms with Crippen molar-refractivity contribution in [3.8, 4) is 23.7 Å². The average molecular weight is 389 g/mol. The molecule has 2 heterocycles. The maximum absolute atomic E-state index is 12.1. The smallest absolute Gasteiger partial charge is 0.294 e. The summed E-state index contributed by atoms with van der Waals surface area (Å²) in [5.74, 6) is 2.25. The molecule has 1 saturated heterocycles. The van der Waals surface area contributed by atoms with E-state index in [4.69, 9.17) is 22.4 Å². The third-order valence-electron chi connectivity index (χ3n) is 3.45. The van der Waals surface area contributed by atoms with Gasteiger partial charge in [-0.25, -0.2) is 0 Å². The van der Waals surface area contributed by atoms with E-state index in [1.165, 1.54) is 30.3 Å². The van der Waals surface area contributed by atoms with E-state index in [2.05, 4.69) is 5.92 Å². The van der Waals surface area contributed by atoms with Gasteiger partial charge >= 0.3 is 0 Å². The van der Waals surface area contributed by atoms with E-state index < -0.39 is 16.1 Å². The molecule has 2 amide bonds. The minimum atomic E-state index is -0.561. The molecule has 130 valence electrons. The molecule has 0 bridgehead atoms. The highest BCUT2D eigenvalue weighted by Gasteiger charge is 2.34. The van der Waals surface area contributed by atoms with Gasteiger partial charge in [0.25, 0.3) is 16.8 Å². The third-order valence-corrected chi connectivity index (χ3v) is 4.59. The number of carbonyl (C=O) groups excluding carboxylic acids is 2. The zero-order chi connectivity index (χ0) is 18.8. The first-order valence-electron chi connectivity index (χ1n) is 7.13. The van der Waals surface area contributed by atoms with Crippen LogP contribution in [0.2, 0.25) is 5.02 Å². The van der Waals surface area contributed by atoms with Crippen LogP contribution in [-0.4, -0.2) is 27.5 Å². The lowest BCUT2D eigenvalue weighted by molar-refractivity contribution is -0.384. The van der Waals surface area contributed by atoms with Gasteiger partial charge in [-0.2, -0.15) is 0 Å². The van der Waals surface area contributed by atoms with E-state index in [0.29, 0.717) is 0 Å². The Morgan fingerprint density at radius 3 is 2.81 bits per heavy atom. The summed E-state index contributed by atoms with van der Waals surface area (Å²) < 4.78 is 5.58. The lowest BCUT2D eigenvalue weighted by atomic mass is 10.1. The zero-order valence-corrected chi connectivity index (χ0v) is 14.5. The fourth-order valence-corrected chi connectivity index (χ4v) is 3.28. The van der Waals surface area contributed by atoms with Gasteiger partial charge in [-0.05, 0) is 36.0 Å². The number of rotatable bonds is 4. The second kappa shape index (κ2) is 7.07. The van der Waals surface area contributed by atoms with Crippen LogP contribution in [0.25, 0.3) is 17.4 Å². The number of hydrogen-bond acceptors (Lipinski definition) is 6. The fraction of sp³-hybridized carbons (Fsp3) is 0.0588. The van der Waals surface area contributed by atoms with E-state index >= 15 is 0 Å². The fourth-order valence-electron chi connectivity index (χ4n) is 2.30. The summed E-state index contributed by atoms with van der Waals surface area (Å²) in [6.07, 6.45) is 6.54. The van der Waals surface area contributed by atoms with Crippen LogP contribution in [0.1, 0.15) is 5.76 Å². The predicted octanol–water partition coefficient (Wildman–Crippen LogP) is 4.18. The molecule has 0 atom stereocenters. The molecule has 7 nitrogen and oxygen atoms in total. The number of nitro benzene ring substituents is 1. The first-order valence-corrected chi connectivity index (χ1v) is 8.33. The van der Waals surface area contributed by atoms with Crippen LogP contribution in [0.4, 0.5) is 10.5 Å². The summed E-state index contributed by atoms with van der Waals surface area (Å²) >= 11 is 6.55. The number of thioether (sulfide) groups is 1. The minimum absolute atomic E-state index is 0.109. The second-order valence-electron chi connectivity index (χ2n) is 5.09. The van der Waals surface area contributed by atoms with Crippen LogP contribution in [0, 0.1) is 22.5 Å². The molecule has 1 fully saturated rings. The number of terminal acetylenes is 1. The molecule has 0 radical (unpaired) electrons. The van der Waals surface area contributed by atoms with E-state index in [1.54, 1.807) is 6.07 Å². The number of halogens is 1. The van der Waals surface area contributed by atoms with Crippen molar-refractivity contribution in [2.24, 2.45) is 0 Å². The SMILES string of the molecule is C#CCN1C(=O)SC(=Cc2ccc(-c3ccc(Cl)cc3[N+](=O)[O-])o2)C1=O. The van der Waals surface area contributed by atoms with Gasteiger partial charge in [0.1, 0.15) is 11.5 Å². The zero-order valence-electron chi connectivity index (χ0n) is 13.0. The molecule has 0 unspecified atom stereocenters. The Labute approximate surface area is 156 Å². The molecule has 26 heavy (non-hydrogen) atoms. The van der Waals surface area contributed by atoms with Crippen molar-refractivity contribution < 1.29 is 18.9 Å². The number of carbonyl (C=O) groups is 2. The van der Waals surface area contributed by atoms with E-state index in [-0.39, 0.29) is 39.2 Å². The lowest BCUT2D eigenvalue weighted by Gasteiger charge is -2.06. The molecule has 9 heteroatoms. The topological polar surface area (TPSA) is 93.7 Å². The number of imide groups is 1. The monoisotopic (exact) mass is 388 g/mol. The number of amides is 2. The number of nitrogens with zero attached hydrogens (tertiary/aromatic N) is 2. The van der Waals surface area contributed by atoms with Gasteiger partial charge in [-0.15, -0.1) is 6.42 Å². The first-order chi connectivity index (χ1) is 12.4. The summed E-state index contributed by atoms with van der Waals surface area (Å²) in [4.78, 5) is 35.7. The molecule has 0 spiro atoms. The van der Waals surface area contributed by atoms with Gasteiger partial charge in [-0.3, -0.25) is 24.6 Å². The summed E-state index contributed by atoms with van der Waals surface area (Å²) in [7, 11) is 0. The second-order valence-corrected chi connectivity index (χ2v) is 6.52. The normalized spacial score (nSPS) is 15.5. The van der Waals surface area contributed by atoms with Gasteiger partial charge in [0.2, 0.25) is 0 Å². The molecular weight excluding hydrogens is 380 g/mol. The largest absolute Gasteiger partial charge is 0.456 e. The molecular formula is C17H9ClN2O5S.